The second-order valence-corrected chi connectivity index (χ2v) is 16.7. The van der Waals surface area contributed by atoms with E-state index in [1.54, 1.807) is 19.1 Å². The molecule has 0 spiro atoms. The summed E-state index contributed by atoms with van der Waals surface area (Å²) in [6.45, 7) is 9.12. The van der Waals surface area contributed by atoms with E-state index in [1.165, 1.54) is 12.1 Å². The summed E-state index contributed by atoms with van der Waals surface area (Å²) in [6.07, 6.45) is -4.53. The van der Waals surface area contributed by atoms with Gasteiger partial charge in [-0.15, -0.1) is 0 Å². The van der Waals surface area contributed by atoms with Crippen molar-refractivity contribution in [2.75, 3.05) is 0 Å². The molecule has 8 heteroatoms. The van der Waals surface area contributed by atoms with Crippen molar-refractivity contribution in [2.45, 2.75) is 13.1 Å². The van der Waals surface area contributed by atoms with Crippen molar-refractivity contribution in [2.24, 2.45) is 0 Å². The van der Waals surface area contributed by atoms with Crippen LogP contribution in [0.3, 0.4) is 0 Å². The van der Waals surface area contributed by atoms with E-state index >= 15 is 0 Å². The van der Waals surface area contributed by atoms with Crippen LogP contribution in [0.1, 0.15) is 22.3 Å². The highest BCUT2D eigenvalue weighted by Crippen LogP contribution is 2.44. The number of hydrogen-bond donors (Lipinski definition) is 0. The van der Waals surface area contributed by atoms with Crippen LogP contribution in [0, 0.1) is 36.2 Å². The molecular weight excluding hydrogens is 836 g/mol. The van der Waals surface area contributed by atoms with Gasteiger partial charge in [0, 0.05) is 32.7 Å². The summed E-state index contributed by atoms with van der Waals surface area (Å²) in [5.41, 5.74) is 13.1. The Morgan fingerprint density at radius 1 is 0.448 bits per heavy atom. The fourth-order valence-corrected chi connectivity index (χ4v) is 9.54. The molecule has 0 fully saturated rings. The summed E-state index contributed by atoms with van der Waals surface area (Å²) in [7, 11) is 0. The van der Waals surface area contributed by atoms with Crippen LogP contribution < -0.4 is 0 Å². The second kappa shape index (κ2) is 15.8. The first-order chi connectivity index (χ1) is 32.6. The number of para-hydroxylation sites is 2. The molecule has 316 valence electrons. The van der Waals surface area contributed by atoms with Crippen molar-refractivity contribution in [3.05, 3.63) is 222 Å². The highest BCUT2D eigenvalue weighted by molar-refractivity contribution is 6.13. The zero-order valence-corrected chi connectivity index (χ0v) is 35.8. The maximum absolute atomic E-state index is 14.3. The summed E-state index contributed by atoms with van der Waals surface area (Å²) in [4.78, 5) is 3.56. The van der Waals surface area contributed by atoms with Crippen LogP contribution in [0.2, 0.25) is 0 Å². The molecule has 2 aromatic heterocycles. The van der Waals surface area contributed by atoms with E-state index in [0.29, 0.717) is 33.5 Å². The molecular formula is C59H34F3N5. The SMILES string of the molecule is [C-]#[N+]c1ccc(-c2ccc3c(c2)c2ccccc2n3-c2cc(-c3cc(C)cc(C(F)(F)F)c3)ccc2-c2ccc(C#N)cc2-n2c3ccccc3c3cc(-c4ccc(C#N)cc4)ccc32)cc1. The van der Waals surface area contributed by atoms with E-state index in [-0.39, 0.29) is 0 Å². The maximum atomic E-state index is 14.3. The molecule has 0 saturated heterocycles. The Bertz CT molecular complexity index is 3950. The van der Waals surface area contributed by atoms with Crippen LogP contribution >= 0.6 is 0 Å². The predicted molar refractivity (Wildman–Crippen MR) is 262 cm³/mol. The third kappa shape index (κ3) is 6.95. The average Bonchev–Trinajstić information content (AvgIpc) is 3.87. The van der Waals surface area contributed by atoms with E-state index in [0.717, 1.165) is 88.4 Å². The van der Waals surface area contributed by atoms with Crippen LogP contribution in [-0.4, -0.2) is 9.13 Å². The van der Waals surface area contributed by atoms with Crippen LogP contribution in [0.25, 0.3) is 104 Å². The highest BCUT2D eigenvalue weighted by atomic mass is 19.4. The molecule has 0 aliphatic rings. The average molecular weight is 870 g/mol. The standard InChI is InChI=1S/C59H34F3N5/c1-36-27-44(30-45(28-36)59(60,61)62)43-18-24-50(58(33-43)67-54-10-6-4-8-48(54)52-32-42(20-26-56(52)67)40-16-21-46(65-2)22-17-40)49-23-13-38(35-64)29-57(49)66-53-9-5-3-7-47(53)51-31-41(19-25-55(51)66)39-14-11-37(34-63)12-15-39/h3-33H,1H3. The molecule has 0 unspecified atom stereocenters. The van der Waals surface area contributed by atoms with Crippen LogP contribution in [0.4, 0.5) is 18.9 Å². The largest absolute Gasteiger partial charge is 0.416 e. The second-order valence-electron chi connectivity index (χ2n) is 16.7. The number of aromatic nitrogens is 2. The third-order valence-corrected chi connectivity index (χ3v) is 12.7. The number of benzene rings is 9. The quantitative estimate of drug-likeness (QED) is 0.156. The number of hydrogen-bond acceptors (Lipinski definition) is 2. The molecule has 11 aromatic rings. The molecule has 2 heterocycles. The number of halogens is 3. The van der Waals surface area contributed by atoms with Crippen LogP contribution in [0.15, 0.2) is 188 Å². The first kappa shape index (κ1) is 40.6. The van der Waals surface area contributed by atoms with Gasteiger partial charge in [-0.25, -0.2) is 4.85 Å². The van der Waals surface area contributed by atoms with Crippen molar-refractivity contribution in [1.82, 2.24) is 9.13 Å². The highest BCUT2D eigenvalue weighted by Gasteiger charge is 2.31. The monoisotopic (exact) mass is 869 g/mol. The van der Waals surface area contributed by atoms with E-state index in [2.05, 4.69) is 86.8 Å². The van der Waals surface area contributed by atoms with E-state index in [9.17, 15) is 23.7 Å². The van der Waals surface area contributed by atoms with Crippen molar-refractivity contribution >= 4 is 49.3 Å². The van der Waals surface area contributed by atoms with Crippen LogP contribution in [-0.2, 0) is 6.18 Å². The molecule has 0 atom stereocenters. The minimum Gasteiger partial charge on any atom is -0.309 e. The lowest BCUT2D eigenvalue weighted by Gasteiger charge is -2.20. The number of alkyl halides is 3. The number of nitrogens with zero attached hydrogens (tertiary/aromatic N) is 5. The molecule has 0 radical (unpaired) electrons. The van der Waals surface area contributed by atoms with Gasteiger partial charge in [0.05, 0.1) is 68.8 Å². The first-order valence-electron chi connectivity index (χ1n) is 21.5. The number of rotatable bonds is 6. The topological polar surface area (TPSA) is 61.8 Å². The minimum absolute atomic E-state index is 0.437. The van der Waals surface area contributed by atoms with Crippen molar-refractivity contribution in [3.63, 3.8) is 0 Å². The Morgan fingerprint density at radius 3 is 1.46 bits per heavy atom. The van der Waals surface area contributed by atoms with Crippen molar-refractivity contribution in [3.8, 4) is 68.0 Å². The van der Waals surface area contributed by atoms with Gasteiger partial charge < -0.3 is 9.13 Å². The molecule has 0 N–H and O–H groups in total. The van der Waals surface area contributed by atoms with E-state index < -0.39 is 11.7 Å². The molecule has 0 aliphatic heterocycles. The lowest BCUT2D eigenvalue weighted by Crippen LogP contribution is -2.05. The fourth-order valence-electron chi connectivity index (χ4n) is 9.54. The molecule has 67 heavy (non-hydrogen) atoms. The van der Waals surface area contributed by atoms with Gasteiger partial charge in [-0.2, -0.15) is 23.7 Å². The summed E-state index contributed by atoms with van der Waals surface area (Å²) in [5.74, 6) is 0. The molecule has 5 nitrogen and oxygen atoms in total. The van der Waals surface area contributed by atoms with Gasteiger partial charge in [0.1, 0.15) is 0 Å². The summed E-state index contributed by atoms with van der Waals surface area (Å²) in [5, 5.41) is 23.8. The van der Waals surface area contributed by atoms with Gasteiger partial charge >= 0.3 is 6.18 Å². The van der Waals surface area contributed by atoms with E-state index in [1.807, 2.05) is 103 Å². The normalized spacial score (nSPS) is 11.5. The molecule has 0 bridgehead atoms. The molecule has 11 rings (SSSR count). The van der Waals surface area contributed by atoms with Crippen LogP contribution in [0.5, 0.6) is 0 Å². The zero-order valence-electron chi connectivity index (χ0n) is 35.8. The lowest BCUT2D eigenvalue weighted by atomic mass is 9.94. The number of fused-ring (bicyclic) bond motifs is 6. The Kier molecular flexibility index (Phi) is 9.59. The predicted octanol–water partition coefficient (Wildman–Crippen LogP) is 16.2. The minimum atomic E-state index is -4.53. The fraction of sp³-hybridized carbons (Fsp3) is 0.0339. The van der Waals surface area contributed by atoms with Crippen molar-refractivity contribution in [1.29, 1.82) is 10.5 Å². The lowest BCUT2D eigenvalue weighted by molar-refractivity contribution is -0.137. The Morgan fingerprint density at radius 2 is 0.910 bits per heavy atom. The summed E-state index contributed by atoms with van der Waals surface area (Å²) >= 11 is 0. The number of nitriles is 2. The molecule has 0 saturated carbocycles. The third-order valence-electron chi connectivity index (χ3n) is 12.7. The van der Waals surface area contributed by atoms with Crippen molar-refractivity contribution < 1.29 is 13.2 Å². The zero-order chi connectivity index (χ0) is 46.0. The molecule has 0 amide bonds. The summed E-state index contributed by atoms with van der Waals surface area (Å²) in [6, 6.07) is 64.1. The van der Waals surface area contributed by atoms with Gasteiger partial charge in [0.15, 0.2) is 5.69 Å². The Labute approximate surface area is 383 Å². The van der Waals surface area contributed by atoms with Gasteiger partial charge in [0.25, 0.3) is 0 Å². The van der Waals surface area contributed by atoms with Gasteiger partial charge in [-0.1, -0.05) is 109 Å². The Balaban J connectivity index is 1.19. The van der Waals surface area contributed by atoms with Gasteiger partial charge in [-0.05, 0) is 125 Å². The number of aryl methyl sites for hydroxylation is 1. The molecule has 9 aromatic carbocycles. The maximum Gasteiger partial charge on any atom is 0.416 e. The smallest absolute Gasteiger partial charge is 0.309 e. The Hall–Kier alpha value is -9.16. The molecule has 0 aliphatic carbocycles. The van der Waals surface area contributed by atoms with Gasteiger partial charge in [-0.3, -0.25) is 0 Å². The van der Waals surface area contributed by atoms with E-state index in [4.69, 9.17) is 6.57 Å². The first-order valence-corrected chi connectivity index (χ1v) is 21.5. The summed E-state index contributed by atoms with van der Waals surface area (Å²) < 4.78 is 47.4. The van der Waals surface area contributed by atoms with Gasteiger partial charge in [0.2, 0.25) is 0 Å².